The number of rotatable bonds is 3. The van der Waals surface area contributed by atoms with Crippen molar-refractivity contribution in [3.8, 4) is 0 Å². The number of carbonyl (C=O) groups is 2. The number of amides is 1. The van der Waals surface area contributed by atoms with Crippen molar-refractivity contribution in [2.45, 2.75) is 25.7 Å². The van der Waals surface area contributed by atoms with Gasteiger partial charge in [-0.2, -0.15) is 0 Å². The minimum absolute atomic E-state index is 0.195. The van der Waals surface area contributed by atoms with Gasteiger partial charge in [0, 0.05) is 4.47 Å². The Morgan fingerprint density at radius 3 is 2.42 bits per heavy atom. The van der Waals surface area contributed by atoms with Gasteiger partial charge in [0.2, 0.25) is 5.91 Å². The van der Waals surface area contributed by atoms with Gasteiger partial charge in [0.1, 0.15) is 0 Å². The lowest BCUT2D eigenvalue weighted by Crippen LogP contribution is -2.36. The second kappa shape index (κ2) is 6.19. The third-order valence-corrected chi connectivity index (χ3v) is 4.24. The molecule has 0 radical (unpaired) electrons. The molecule has 2 rings (SSSR count). The largest absolute Gasteiger partial charge is 0.481 e. The van der Waals surface area contributed by atoms with Crippen LogP contribution in [0.5, 0.6) is 0 Å². The number of carbonyl (C=O) groups excluding carboxylic acids is 1. The quantitative estimate of drug-likeness (QED) is 0.896. The molecule has 102 valence electrons. The molecule has 0 spiro atoms. The number of benzene rings is 1. The molecule has 1 amide bonds. The fraction of sp³-hybridized carbons (Fsp3) is 0.429. The van der Waals surface area contributed by atoms with Gasteiger partial charge in [-0.15, -0.1) is 0 Å². The summed E-state index contributed by atoms with van der Waals surface area (Å²) in [6.45, 7) is 0. The van der Waals surface area contributed by atoms with Crippen molar-refractivity contribution in [3.05, 3.63) is 28.7 Å². The van der Waals surface area contributed by atoms with Gasteiger partial charge in [-0.1, -0.05) is 25.0 Å². The van der Waals surface area contributed by atoms with E-state index in [4.69, 9.17) is 0 Å². The average molecular weight is 326 g/mol. The highest BCUT2D eigenvalue weighted by Gasteiger charge is 2.35. The van der Waals surface area contributed by atoms with E-state index in [2.05, 4.69) is 21.2 Å². The minimum Gasteiger partial charge on any atom is -0.481 e. The van der Waals surface area contributed by atoms with Crippen molar-refractivity contribution in [2.75, 3.05) is 5.32 Å². The number of halogens is 1. The number of aliphatic carboxylic acids is 1. The summed E-state index contributed by atoms with van der Waals surface area (Å²) in [6, 6.07) is 7.32. The summed E-state index contributed by atoms with van der Waals surface area (Å²) in [5.74, 6) is -2.06. The van der Waals surface area contributed by atoms with Gasteiger partial charge in [-0.3, -0.25) is 9.59 Å². The summed E-state index contributed by atoms with van der Waals surface area (Å²) in [7, 11) is 0. The van der Waals surface area contributed by atoms with Crippen LogP contribution in [0.15, 0.2) is 28.7 Å². The molecule has 1 aliphatic rings. The molecule has 2 N–H and O–H groups in total. The second-order valence-corrected chi connectivity index (χ2v) is 5.66. The Balaban J connectivity index is 2.10. The molecule has 1 aromatic carbocycles. The van der Waals surface area contributed by atoms with E-state index in [0.717, 1.165) is 17.3 Å². The van der Waals surface area contributed by atoms with Crippen LogP contribution >= 0.6 is 15.9 Å². The highest BCUT2D eigenvalue weighted by atomic mass is 79.9. The number of nitrogens with one attached hydrogen (secondary N) is 1. The molecule has 0 heterocycles. The molecule has 1 fully saturated rings. The third kappa shape index (κ3) is 3.35. The normalized spacial score (nSPS) is 22.8. The van der Waals surface area contributed by atoms with Crippen molar-refractivity contribution in [1.29, 1.82) is 0 Å². The lowest BCUT2D eigenvalue weighted by atomic mass is 9.78. The number of hydrogen-bond acceptors (Lipinski definition) is 2. The van der Waals surface area contributed by atoms with Gasteiger partial charge in [-0.05, 0) is 40.9 Å². The first-order valence-corrected chi connectivity index (χ1v) is 7.17. The fourth-order valence-electron chi connectivity index (χ4n) is 2.53. The topological polar surface area (TPSA) is 66.4 Å². The molecule has 4 nitrogen and oxygen atoms in total. The first-order valence-electron chi connectivity index (χ1n) is 6.38. The molecule has 19 heavy (non-hydrogen) atoms. The fourth-order valence-corrected chi connectivity index (χ4v) is 2.91. The van der Waals surface area contributed by atoms with Crippen LogP contribution < -0.4 is 5.32 Å². The zero-order valence-corrected chi connectivity index (χ0v) is 12.0. The van der Waals surface area contributed by atoms with Crippen LogP contribution in [0.3, 0.4) is 0 Å². The molecule has 5 heteroatoms. The number of carboxylic acid groups (broad SMARTS) is 1. The summed E-state index contributed by atoms with van der Waals surface area (Å²) in [5, 5.41) is 12.0. The smallest absolute Gasteiger partial charge is 0.307 e. The lowest BCUT2D eigenvalue weighted by Gasteiger charge is -2.27. The summed E-state index contributed by atoms with van der Waals surface area (Å²) >= 11 is 3.36. The second-order valence-electron chi connectivity index (χ2n) is 4.80. The van der Waals surface area contributed by atoms with Gasteiger partial charge in [0.05, 0.1) is 17.5 Å². The van der Waals surface area contributed by atoms with Crippen LogP contribution in [-0.4, -0.2) is 17.0 Å². The minimum atomic E-state index is -0.869. The van der Waals surface area contributed by atoms with Crippen LogP contribution in [0.25, 0.3) is 0 Å². The van der Waals surface area contributed by atoms with Crippen molar-refractivity contribution in [3.63, 3.8) is 0 Å². The van der Waals surface area contributed by atoms with Crippen LogP contribution in [0.4, 0.5) is 5.69 Å². The van der Waals surface area contributed by atoms with Crippen molar-refractivity contribution in [2.24, 2.45) is 11.8 Å². The Bertz CT molecular complexity index is 489. The molecular weight excluding hydrogens is 310 g/mol. The number of anilines is 1. The molecule has 0 bridgehead atoms. The summed E-state index contributed by atoms with van der Waals surface area (Å²) in [6.07, 6.45) is 3.03. The maximum atomic E-state index is 12.2. The SMILES string of the molecule is O=C(O)[C@H]1CCCC[C@H]1C(=O)Nc1ccccc1Br. The first kappa shape index (κ1) is 14.1. The highest BCUT2D eigenvalue weighted by Crippen LogP contribution is 2.32. The zero-order chi connectivity index (χ0) is 13.8. The van der Waals surface area contributed by atoms with Crippen molar-refractivity contribution in [1.82, 2.24) is 0 Å². The predicted octanol–water partition coefficient (Wildman–Crippen LogP) is 3.28. The van der Waals surface area contributed by atoms with Crippen molar-refractivity contribution < 1.29 is 14.7 Å². The Labute approximate surface area is 120 Å². The van der Waals surface area contributed by atoms with E-state index < -0.39 is 17.8 Å². The molecule has 1 aromatic rings. The monoisotopic (exact) mass is 325 g/mol. The Morgan fingerprint density at radius 1 is 1.16 bits per heavy atom. The zero-order valence-electron chi connectivity index (χ0n) is 10.4. The van der Waals surface area contributed by atoms with Crippen LogP contribution in [0.2, 0.25) is 0 Å². The van der Waals surface area contributed by atoms with Gasteiger partial charge in [0.25, 0.3) is 0 Å². The summed E-state index contributed by atoms with van der Waals surface area (Å²) in [5.41, 5.74) is 0.683. The molecule has 0 aromatic heterocycles. The predicted molar refractivity (Wildman–Crippen MR) is 75.9 cm³/mol. The van der Waals surface area contributed by atoms with E-state index in [0.29, 0.717) is 18.5 Å². The Kier molecular flexibility index (Phi) is 4.58. The van der Waals surface area contributed by atoms with E-state index >= 15 is 0 Å². The van der Waals surface area contributed by atoms with E-state index in [-0.39, 0.29) is 5.91 Å². The summed E-state index contributed by atoms with van der Waals surface area (Å²) in [4.78, 5) is 23.4. The van der Waals surface area contributed by atoms with E-state index in [1.54, 1.807) is 6.07 Å². The maximum absolute atomic E-state index is 12.2. The van der Waals surface area contributed by atoms with E-state index in [1.807, 2.05) is 18.2 Å². The van der Waals surface area contributed by atoms with Crippen LogP contribution in [0.1, 0.15) is 25.7 Å². The molecule has 0 unspecified atom stereocenters. The van der Waals surface area contributed by atoms with Gasteiger partial charge in [0.15, 0.2) is 0 Å². The standard InChI is InChI=1S/C14H16BrNO3/c15-11-7-3-4-8-12(11)16-13(17)9-5-1-2-6-10(9)14(18)19/h3-4,7-10H,1-2,5-6H2,(H,16,17)(H,18,19)/t9-,10+/m1/s1. The molecule has 0 aliphatic heterocycles. The van der Waals surface area contributed by atoms with Crippen LogP contribution in [-0.2, 0) is 9.59 Å². The number of para-hydroxylation sites is 1. The molecule has 2 atom stereocenters. The molecule has 1 saturated carbocycles. The molecule has 1 aliphatic carbocycles. The highest BCUT2D eigenvalue weighted by molar-refractivity contribution is 9.10. The van der Waals surface area contributed by atoms with Gasteiger partial charge < -0.3 is 10.4 Å². The lowest BCUT2D eigenvalue weighted by molar-refractivity contribution is -0.147. The Morgan fingerprint density at radius 2 is 1.79 bits per heavy atom. The van der Waals surface area contributed by atoms with E-state index in [9.17, 15) is 14.7 Å². The third-order valence-electron chi connectivity index (χ3n) is 3.55. The van der Waals surface area contributed by atoms with Crippen molar-refractivity contribution >= 4 is 33.5 Å². The number of carboxylic acids is 1. The number of hydrogen-bond donors (Lipinski definition) is 2. The average Bonchev–Trinajstić information content (AvgIpc) is 2.41. The summed E-state index contributed by atoms with van der Waals surface area (Å²) < 4.78 is 0.797. The molecular formula is C14H16BrNO3. The van der Waals surface area contributed by atoms with Gasteiger partial charge in [-0.25, -0.2) is 0 Å². The Hall–Kier alpha value is -1.36. The molecule has 0 saturated heterocycles. The van der Waals surface area contributed by atoms with E-state index in [1.165, 1.54) is 0 Å². The van der Waals surface area contributed by atoms with Gasteiger partial charge >= 0.3 is 5.97 Å². The van der Waals surface area contributed by atoms with Crippen LogP contribution in [0, 0.1) is 11.8 Å². The first-order chi connectivity index (χ1) is 9.09. The maximum Gasteiger partial charge on any atom is 0.307 e.